The number of sulfonamides is 1. The Hall–Kier alpha value is 0.200. The second kappa shape index (κ2) is 6.58. The zero-order valence-electron chi connectivity index (χ0n) is 11.7. The number of hydrogen-bond donors (Lipinski definition) is 1. The number of hydrogen-bond acceptors (Lipinski definition) is 2. The lowest BCUT2D eigenvalue weighted by Crippen LogP contribution is -2.34. The first-order valence-corrected chi connectivity index (χ1v) is 8.88. The van der Waals surface area contributed by atoms with Crippen molar-refractivity contribution < 1.29 is 8.42 Å². The number of halogens is 1. The zero-order chi connectivity index (χ0) is 13.8. The van der Waals surface area contributed by atoms with Gasteiger partial charge in [-0.1, -0.05) is 20.8 Å². The van der Waals surface area contributed by atoms with Gasteiger partial charge >= 0.3 is 0 Å². The van der Waals surface area contributed by atoms with E-state index in [4.69, 9.17) is 11.6 Å². The van der Waals surface area contributed by atoms with Crippen LogP contribution in [0.4, 0.5) is 0 Å². The van der Waals surface area contributed by atoms with E-state index in [1.165, 1.54) is 0 Å². The SMILES string of the molecule is CC(C)(C)CCS(=O)(=O)NCC1CCC(Cl)CC1. The van der Waals surface area contributed by atoms with Crippen molar-refractivity contribution in [1.82, 2.24) is 4.72 Å². The molecule has 1 fully saturated rings. The highest BCUT2D eigenvalue weighted by atomic mass is 35.5. The molecule has 0 saturated heterocycles. The van der Waals surface area contributed by atoms with Gasteiger partial charge in [0.2, 0.25) is 10.0 Å². The van der Waals surface area contributed by atoms with E-state index < -0.39 is 10.0 Å². The van der Waals surface area contributed by atoms with Crippen LogP contribution in [-0.4, -0.2) is 26.1 Å². The van der Waals surface area contributed by atoms with Gasteiger partial charge in [-0.25, -0.2) is 13.1 Å². The van der Waals surface area contributed by atoms with Gasteiger partial charge in [0.25, 0.3) is 0 Å². The highest BCUT2D eigenvalue weighted by Gasteiger charge is 2.22. The molecule has 1 saturated carbocycles. The fourth-order valence-corrected chi connectivity index (χ4v) is 3.85. The summed E-state index contributed by atoms with van der Waals surface area (Å²) in [6.07, 6.45) is 4.79. The molecule has 0 aromatic rings. The van der Waals surface area contributed by atoms with Gasteiger partial charge in [-0.15, -0.1) is 11.6 Å². The van der Waals surface area contributed by atoms with E-state index in [-0.39, 0.29) is 11.2 Å². The third kappa shape index (κ3) is 6.95. The first-order chi connectivity index (χ1) is 8.18. The minimum Gasteiger partial charge on any atom is -0.215 e. The Morgan fingerprint density at radius 3 is 2.22 bits per heavy atom. The lowest BCUT2D eigenvalue weighted by molar-refractivity contribution is 0.359. The highest BCUT2D eigenvalue weighted by molar-refractivity contribution is 7.89. The maximum Gasteiger partial charge on any atom is 0.211 e. The average molecular weight is 296 g/mol. The van der Waals surface area contributed by atoms with Crippen LogP contribution in [0.25, 0.3) is 0 Å². The summed E-state index contributed by atoms with van der Waals surface area (Å²) in [6.45, 7) is 6.76. The second-order valence-electron chi connectivity index (χ2n) is 6.60. The second-order valence-corrected chi connectivity index (χ2v) is 9.14. The van der Waals surface area contributed by atoms with Crippen LogP contribution in [0.3, 0.4) is 0 Å². The van der Waals surface area contributed by atoms with E-state index in [9.17, 15) is 8.42 Å². The Kier molecular flexibility index (Phi) is 5.94. The van der Waals surface area contributed by atoms with Crippen LogP contribution in [0.15, 0.2) is 0 Å². The summed E-state index contributed by atoms with van der Waals surface area (Å²) in [7, 11) is -3.11. The number of nitrogens with one attached hydrogen (secondary N) is 1. The standard InChI is InChI=1S/C13H26ClNO2S/c1-13(2,3)8-9-18(16,17)15-10-11-4-6-12(14)7-5-11/h11-12,15H,4-10H2,1-3H3. The topological polar surface area (TPSA) is 46.2 Å². The van der Waals surface area contributed by atoms with Crippen LogP contribution in [0.1, 0.15) is 52.9 Å². The van der Waals surface area contributed by atoms with Crippen LogP contribution >= 0.6 is 11.6 Å². The fraction of sp³-hybridized carbons (Fsp3) is 1.00. The quantitative estimate of drug-likeness (QED) is 0.792. The molecule has 0 atom stereocenters. The van der Waals surface area contributed by atoms with Crippen molar-refractivity contribution in [1.29, 1.82) is 0 Å². The monoisotopic (exact) mass is 295 g/mol. The smallest absolute Gasteiger partial charge is 0.211 e. The molecule has 1 aliphatic rings. The van der Waals surface area contributed by atoms with Crippen molar-refractivity contribution in [3.05, 3.63) is 0 Å². The van der Waals surface area contributed by atoms with Gasteiger partial charge in [-0.3, -0.25) is 0 Å². The average Bonchev–Trinajstić information content (AvgIpc) is 2.25. The maximum atomic E-state index is 11.8. The van der Waals surface area contributed by atoms with Gasteiger partial charge in [-0.2, -0.15) is 0 Å². The van der Waals surface area contributed by atoms with Gasteiger partial charge in [-0.05, 0) is 43.4 Å². The molecule has 0 aromatic carbocycles. The molecular weight excluding hydrogens is 270 g/mol. The largest absolute Gasteiger partial charge is 0.215 e. The molecule has 0 bridgehead atoms. The third-order valence-electron chi connectivity index (χ3n) is 3.49. The maximum absolute atomic E-state index is 11.8. The highest BCUT2D eigenvalue weighted by Crippen LogP contribution is 2.27. The van der Waals surface area contributed by atoms with Crippen LogP contribution in [0.5, 0.6) is 0 Å². The summed E-state index contributed by atoms with van der Waals surface area (Å²) in [5.74, 6) is 0.686. The summed E-state index contributed by atoms with van der Waals surface area (Å²) in [5, 5.41) is 0.291. The predicted molar refractivity (Wildman–Crippen MR) is 77.5 cm³/mol. The number of rotatable bonds is 5. The Morgan fingerprint density at radius 1 is 1.17 bits per heavy atom. The summed E-state index contributed by atoms with van der Waals surface area (Å²) < 4.78 is 26.4. The van der Waals surface area contributed by atoms with Crippen LogP contribution < -0.4 is 4.72 Å². The van der Waals surface area contributed by atoms with Gasteiger partial charge in [0.05, 0.1) is 5.75 Å². The van der Waals surface area contributed by atoms with E-state index in [1.807, 2.05) is 0 Å². The number of alkyl halides is 1. The Labute approximate surface area is 117 Å². The summed E-state index contributed by atoms with van der Waals surface area (Å²) >= 11 is 6.03. The third-order valence-corrected chi connectivity index (χ3v) is 5.27. The van der Waals surface area contributed by atoms with Crippen LogP contribution in [-0.2, 0) is 10.0 Å². The summed E-state index contributed by atoms with van der Waals surface area (Å²) in [5.41, 5.74) is 0.0609. The molecule has 0 amide bonds. The van der Waals surface area contributed by atoms with E-state index in [2.05, 4.69) is 25.5 Å². The molecule has 1 aliphatic carbocycles. The molecule has 0 heterocycles. The molecular formula is C13H26ClNO2S. The minimum atomic E-state index is -3.11. The van der Waals surface area contributed by atoms with E-state index in [1.54, 1.807) is 0 Å². The van der Waals surface area contributed by atoms with Gasteiger partial charge < -0.3 is 0 Å². The van der Waals surface area contributed by atoms with E-state index in [0.717, 1.165) is 25.7 Å². The molecule has 1 rings (SSSR count). The molecule has 3 nitrogen and oxygen atoms in total. The summed E-state index contributed by atoms with van der Waals surface area (Å²) in [4.78, 5) is 0. The molecule has 108 valence electrons. The molecule has 1 N–H and O–H groups in total. The lowest BCUT2D eigenvalue weighted by atomic mass is 9.89. The van der Waals surface area contributed by atoms with Crippen molar-refractivity contribution in [3.63, 3.8) is 0 Å². The van der Waals surface area contributed by atoms with Crippen molar-refractivity contribution >= 4 is 21.6 Å². The lowest BCUT2D eigenvalue weighted by Gasteiger charge is -2.25. The van der Waals surface area contributed by atoms with Crippen molar-refractivity contribution in [2.45, 2.75) is 58.3 Å². The molecule has 5 heteroatoms. The van der Waals surface area contributed by atoms with E-state index >= 15 is 0 Å². The molecule has 18 heavy (non-hydrogen) atoms. The van der Waals surface area contributed by atoms with Gasteiger partial charge in [0, 0.05) is 11.9 Å². The first-order valence-electron chi connectivity index (χ1n) is 6.79. The molecule has 0 aliphatic heterocycles. The molecule has 0 radical (unpaired) electrons. The minimum absolute atomic E-state index is 0.0609. The van der Waals surface area contributed by atoms with Crippen LogP contribution in [0.2, 0.25) is 0 Å². The predicted octanol–water partition coefficient (Wildman–Crippen LogP) is 3.14. The Balaban J connectivity index is 2.29. The first kappa shape index (κ1) is 16.3. The van der Waals surface area contributed by atoms with Crippen molar-refractivity contribution in [2.24, 2.45) is 11.3 Å². The zero-order valence-corrected chi connectivity index (χ0v) is 13.3. The Morgan fingerprint density at radius 2 is 1.72 bits per heavy atom. The molecule has 0 aromatic heterocycles. The molecule has 0 spiro atoms. The van der Waals surface area contributed by atoms with Gasteiger partial charge in [0.15, 0.2) is 0 Å². The van der Waals surface area contributed by atoms with E-state index in [0.29, 0.717) is 24.3 Å². The van der Waals surface area contributed by atoms with Gasteiger partial charge in [0.1, 0.15) is 0 Å². The fourth-order valence-electron chi connectivity index (χ4n) is 2.08. The molecule has 0 unspecified atom stereocenters. The normalized spacial score (nSPS) is 26.2. The van der Waals surface area contributed by atoms with Crippen molar-refractivity contribution in [2.75, 3.05) is 12.3 Å². The Bertz CT molecular complexity index is 340. The van der Waals surface area contributed by atoms with Crippen LogP contribution in [0, 0.1) is 11.3 Å². The summed E-state index contributed by atoms with van der Waals surface area (Å²) in [6, 6.07) is 0. The van der Waals surface area contributed by atoms with Crippen molar-refractivity contribution in [3.8, 4) is 0 Å².